The molecule has 2 aromatic rings. The third kappa shape index (κ3) is 2.88. The molecule has 1 aromatic carbocycles. The number of hydrogen-bond acceptors (Lipinski definition) is 6. The van der Waals surface area contributed by atoms with Crippen LogP contribution in [-0.2, 0) is 0 Å². The third-order valence-electron chi connectivity index (χ3n) is 1.94. The molecule has 0 aliphatic heterocycles. The van der Waals surface area contributed by atoms with Crippen molar-refractivity contribution in [3.63, 3.8) is 0 Å². The molecule has 0 atom stereocenters. The van der Waals surface area contributed by atoms with Crippen molar-refractivity contribution in [2.45, 2.75) is 0 Å². The molecule has 0 aliphatic rings. The summed E-state index contributed by atoms with van der Waals surface area (Å²) in [4.78, 5) is 3.91. The van der Waals surface area contributed by atoms with Gasteiger partial charge in [-0.1, -0.05) is 11.6 Å². The second-order valence-corrected chi connectivity index (χ2v) is 4.54. The van der Waals surface area contributed by atoms with Crippen molar-refractivity contribution in [2.24, 2.45) is 5.10 Å². The van der Waals surface area contributed by atoms with Gasteiger partial charge in [0.2, 0.25) is 5.13 Å². The minimum atomic E-state index is -0.558. The van der Waals surface area contributed by atoms with E-state index in [4.69, 9.17) is 17.3 Å². The molecule has 18 heavy (non-hydrogen) atoms. The number of aromatic nitrogens is 1. The SMILES string of the molecule is Nc1csc(NN=Cc2cc(F)cc(Cl)c2O)n1. The van der Waals surface area contributed by atoms with Crippen molar-refractivity contribution in [3.8, 4) is 5.75 Å². The molecule has 0 saturated heterocycles. The monoisotopic (exact) mass is 286 g/mol. The van der Waals surface area contributed by atoms with E-state index in [0.717, 1.165) is 12.1 Å². The predicted molar refractivity (Wildman–Crippen MR) is 70.8 cm³/mol. The average molecular weight is 287 g/mol. The van der Waals surface area contributed by atoms with Crippen LogP contribution < -0.4 is 11.2 Å². The number of benzene rings is 1. The van der Waals surface area contributed by atoms with Gasteiger partial charge in [-0.25, -0.2) is 9.37 Å². The van der Waals surface area contributed by atoms with E-state index in [1.54, 1.807) is 5.38 Å². The van der Waals surface area contributed by atoms with E-state index >= 15 is 0 Å². The summed E-state index contributed by atoms with van der Waals surface area (Å²) in [5.74, 6) is -0.408. The standard InChI is InChI=1S/C10H8ClFN4OS/c11-7-2-6(12)1-5(9(7)17)3-14-16-10-15-8(13)4-18-10/h1-4,17H,13H2,(H,15,16). The highest BCUT2D eigenvalue weighted by atomic mass is 35.5. The molecule has 0 fully saturated rings. The Hall–Kier alpha value is -1.86. The number of nitrogens with two attached hydrogens (primary N) is 1. The fourth-order valence-electron chi connectivity index (χ4n) is 1.18. The molecule has 1 heterocycles. The molecule has 0 amide bonds. The molecule has 94 valence electrons. The van der Waals surface area contributed by atoms with E-state index in [9.17, 15) is 9.50 Å². The van der Waals surface area contributed by atoms with Gasteiger partial charge in [-0.2, -0.15) is 5.10 Å². The van der Waals surface area contributed by atoms with Gasteiger partial charge in [-0.05, 0) is 12.1 Å². The van der Waals surface area contributed by atoms with E-state index in [0.29, 0.717) is 10.9 Å². The summed E-state index contributed by atoms with van der Waals surface area (Å²) in [7, 11) is 0. The Labute approximate surface area is 111 Å². The number of rotatable bonds is 3. The summed E-state index contributed by atoms with van der Waals surface area (Å²) < 4.78 is 13.1. The molecule has 2 rings (SSSR count). The Morgan fingerprint density at radius 3 is 3.00 bits per heavy atom. The lowest BCUT2D eigenvalue weighted by Gasteiger charge is -2.01. The molecule has 1 aromatic heterocycles. The van der Waals surface area contributed by atoms with Crippen LogP contribution in [0.1, 0.15) is 5.56 Å². The number of nitrogen functional groups attached to an aromatic ring is 1. The molecular formula is C10H8ClFN4OS. The third-order valence-corrected chi connectivity index (χ3v) is 3.00. The van der Waals surface area contributed by atoms with Crippen LogP contribution in [-0.4, -0.2) is 16.3 Å². The topological polar surface area (TPSA) is 83.5 Å². The number of anilines is 2. The van der Waals surface area contributed by atoms with Crippen molar-refractivity contribution in [3.05, 3.63) is 33.9 Å². The van der Waals surface area contributed by atoms with Crippen LogP contribution in [0.15, 0.2) is 22.6 Å². The van der Waals surface area contributed by atoms with Crippen LogP contribution >= 0.6 is 22.9 Å². The molecule has 8 heteroatoms. The summed E-state index contributed by atoms with van der Waals surface area (Å²) in [6.45, 7) is 0. The fraction of sp³-hybridized carbons (Fsp3) is 0. The van der Waals surface area contributed by atoms with E-state index in [-0.39, 0.29) is 16.3 Å². The van der Waals surface area contributed by atoms with Crippen LogP contribution in [0.25, 0.3) is 0 Å². The van der Waals surface area contributed by atoms with Gasteiger partial charge in [-0.15, -0.1) is 11.3 Å². The molecule has 5 nitrogen and oxygen atoms in total. The summed E-state index contributed by atoms with van der Waals surface area (Å²) in [6.07, 6.45) is 1.24. The van der Waals surface area contributed by atoms with Gasteiger partial charge in [0.25, 0.3) is 0 Å². The van der Waals surface area contributed by atoms with Crippen molar-refractivity contribution >= 4 is 40.1 Å². The number of hydrazone groups is 1. The summed E-state index contributed by atoms with van der Waals surface area (Å²) >= 11 is 6.89. The molecule has 0 saturated carbocycles. The lowest BCUT2D eigenvalue weighted by atomic mass is 10.2. The van der Waals surface area contributed by atoms with Gasteiger partial charge >= 0.3 is 0 Å². The number of aromatic hydroxyl groups is 1. The number of phenols is 1. The number of nitrogens with zero attached hydrogens (tertiary/aromatic N) is 2. The Morgan fingerprint density at radius 2 is 2.33 bits per heavy atom. The summed E-state index contributed by atoms with van der Waals surface area (Å²) in [5.41, 5.74) is 8.19. The average Bonchev–Trinajstić information content (AvgIpc) is 2.71. The van der Waals surface area contributed by atoms with Gasteiger partial charge in [0.15, 0.2) is 0 Å². The molecule has 0 aliphatic carbocycles. The Balaban J connectivity index is 2.14. The second-order valence-electron chi connectivity index (χ2n) is 3.27. The summed E-state index contributed by atoms with van der Waals surface area (Å²) in [5, 5.41) is 15.4. The molecule has 0 spiro atoms. The highest BCUT2D eigenvalue weighted by Crippen LogP contribution is 2.27. The molecular weight excluding hydrogens is 279 g/mol. The van der Waals surface area contributed by atoms with Crippen LogP contribution in [0, 0.1) is 5.82 Å². The van der Waals surface area contributed by atoms with Crippen molar-refractivity contribution in [1.82, 2.24) is 4.98 Å². The lowest BCUT2D eigenvalue weighted by Crippen LogP contribution is -1.92. The first-order valence-electron chi connectivity index (χ1n) is 4.74. The smallest absolute Gasteiger partial charge is 0.205 e. The van der Waals surface area contributed by atoms with E-state index in [2.05, 4.69) is 15.5 Å². The number of halogens is 2. The van der Waals surface area contributed by atoms with Gasteiger partial charge < -0.3 is 10.8 Å². The zero-order valence-corrected chi connectivity index (χ0v) is 10.5. The Morgan fingerprint density at radius 1 is 1.56 bits per heavy atom. The normalized spacial score (nSPS) is 11.0. The number of phenolic OH excluding ortho intramolecular Hbond substituents is 1. The number of thiazole rings is 1. The van der Waals surface area contributed by atoms with Gasteiger partial charge in [0.05, 0.1) is 11.2 Å². The maximum absolute atomic E-state index is 13.1. The molecule has 4 N–H and O–H groups in total. The van der Waals surface area contributed by atoms with Crippen LogP contribution in [0.4, 0.5) is 15.3 Å². The van der Waals surface area contributed by atoms with E-state index in [1.807, 2.05) is 0 Å². The first-order chi connectivity index (χ1) is 8.56. The first kappa shape index (κ1) is 12.6. The van der Waals surface area contributed by atoms with Crippen LogP contribution in [0.5, 0.6) is 5.75 Å². The summed E-state index contributed by atoms with van der Waals surface area (Å²) in [6, 6.07) is 2.13. The second kappa shape index (κ2) is 5.19. The first-order valence-corrected chi connectivity index (χ1v) is 6.00. The van der Waals surface area contributed by atoms with Crippen LogP contribution in [0.2, 0.25) is 5.02 Å². The fourth-order valence-corrected chi connectivity index (χ4v) is 1.94. The lowest BCUT2D eigenvalue weighted by molar-refractivity contribution is 0.472. The quantitative estimate of drug-likeness (QED) is 0.598. The predicted octanol–water partition coefficient (Wildman–Crippen LogP) is 2.67. The zero-order chi connectivity index (χ0) is 13.1. The highest BCUT2D eigenvalue weighted by Gasteiger charge is 2.06. The molecule has 0 unspecified atom stereocenters. The molecule has 0 bridgehead atoms. The largest absolute Gasteiger partial charge is 0.506 e. The van der Waals surface area contributed by atoms with Crippen molar-refractivity contribution in [1.29, 1.82) is 0 Å². The zero-order valence-electron chi connectivity index (χ0n) is 8.89. The maximum Gasteiger partial charge on any atom is 0.205 e. The minimum Gasteiger partial charge on any atom is -0.506 e. The highest BCUT2D eigenvalue weighted by molar-refractivity contribution is 7.14. The number of nitrogens with one attached hydrogen (secondary N) is 1. The van der Waals surface area contributed by atoms with Gasteiger partial charge in [0.1, 0.15) is 17.4 Å². The Kier molecular flexibility index (Phi) is 3.63. The number of hydrogen-bond donors (Lipinski definition) is 3. The van der Waals surface area contributed by atoms with E-state index in [1.165, 1.54) is 17.6 Å². The maximum atomic E-state index is 13.1. The van der Waals surface area contributed by atoms with Gasteiger partial charge in [0, 0.05) is 10.9 Å². The van der Waals surface area contributed by atoms with Crippen LogP contribution in [0.3, 0.4) is 0 Å². The van der Waals surface area contributed by atoms with Crippen molar-refractivity contribution < 1.29 is 9.50 Å². The van der Waals surface area contributed by atoms with Gasteiger partial charge in [-0.3, -0.25) is 5.43 Å². The van der Waals surface area contributed by atoms with Crippen molar-refractivity contribution in [2.75, 3.05) is 11.2 Å². The van der Waals surface area contributed by atoms with E-state index < -0.39 is 5.82 Å². The Bertz CT molecular complexity index is 602. The minimum absolute atomic E-state index is 0.0741. The molecule has 0 radical (unpaired) electrons.